The van der Waals surface area contributed by atoms with Gasteiger partial charge in [0.15, 0.2) is 0 Å². The first-order valence-corrected chi connectivity index (χ1v) is 7.73. The Morgan fingerprint density at radius 2 is 1.70 bits per heavy atom. The number of urea groups is 2. The van der Waals surface area contributed by atoms with Crippen molar-refractivity contribution in [2.45, 2.75) is 33.1 Å². The minimum atomic E-state index is -0.977. The number of hydrogen-bond donors (Lipinski definition) is 4. The number of hydrogen-bond acceptors (Lipinski definition) is 4. The molecule has 1 unspecified atom stereocenters. The Kier molecular flexibility index (Phi) is 10.1. The molecule has 0 fully saturated rings. The number of nitrogens with zero attached hydrogens (tertiary/aromatic N) is 1. The van der Waals surface area contributed by atoms with Crippen LogP contribution in [0.1, 0.15) is 33.1 Å². The second-order valence-corrected chi connectivity index (χ2v) is 4.93. The average Bonchev–Trinajstić information content (AvgIpc) is 2.51. The van der Waals surface area contributed by atoms with Crippen LogP contribution in [0.2, 0.25) is 0 Å². The van der Waals surface area contributed by atoms with Gasteiger partial charge in [0.2, 0.25) is 11.8 Å². The zero-order valence-electron chi connectivity index (χ0n) is 14.0. The van der Waals surface area contributed by atoms with Crippen LogP contribution < -0.4 is 21.7 Å². The summed E-state index contributed by atoms with van der Waals surface area (Å²) in [5, 5.41) is 7.54. The van der Waals surface area contributed by atoms with Gasteiger partial charge in [0.1, 0.15) is 5.92 Å². The van der Waals surface area contributed by atoms with Crippen molar-refractivity contribution in [1.82, 2.24) is 20.9 Å². The summed E-state index contributed by atoms with van der Waals surface area (Å²) >= 11 is 0. The topological polar surface area (TPSA) is 134 Å². The smallest absolute Gasteiger partial charge is 0.325 e. The molecule has 132 valence electrons. The molecule has 9 nitrogen and oxygen atoms in total. The van der Waals surface area contributed by atoms with Crippen molar-refractivity contribution < 1.29 is 19.2 Å². The van der Waals surface area contributed by atoms with Gasteiger partial charge in [-0.3, -0.25) is 9.59 Å². The Hall–Kier alpha value is -2.32. The summed E-state index contributed by atoms with van der Waals surface area (Å²) in [5.41, 5.74) is 5.19. The van der Waals surface area contributed by atoms with E-state index in [1.54, 1.807) is 6.92 Å². The van der Waals surface area contributed by atoms with E-state index in [2.05, 4.69) is 16.0 Å². The third kappa shape index (κ3) is 7.48. The number of carbonyl (C=O) groups excluding carboxylic acids is 4. The molecule has 5 N–H and O–H groups in total. The number of primary amides is 1. The molecule has 0 aliphatic heterocycles. The van der Waals surface area contributed by atoms with Gasteiger partial charge in [-0.1, -0.05) is 6.92 Å². The van der Waals surface area contributed by atoms with Gasteiger partial charge in [0, 0.05) is 26.7 Å². The van der Waals surface area contributed by atoms with Crippen molar-refractivity contribution in [1.29, 1.82) is 0 Å². The van der Waals surface area contributed by atoms with Crippen LogP contribution in [0.3, 0.4) is 0 Å². The Morgan fingerprint density at radius 3 is 2.17 bits per heavy atom. The van der Waals surface area contributed by atoms with Crippen molar-refractivity contribution in [3.8, 4) is 0 Å². The molecule has 0 saturated heterocycles. The van der Waals surface area contributed by atoms with E-state index in [-0.39, 0.29) is 19.4 Å². The highest BCUT2D eigenvalue weighted by Crippen LogP contribution is 2.08. The largest absolute Gasteiger partial charge is 0.369 e. The molecule has 23 heavy (non-hydrogen) atoms. The summed E-state index contributed by atoms with van der Waals surface area (Å²) in [6.45, 7) is 4.57. The third-order valence-electron chi connectivity index (χ3n) is 3.13. The maximum absolute atomic E-state index is 12.0. The molecule has 0 aliphatic carbocycles. The molecular formula is C14H27N5O4. The van der Waals surface area contributed by atoms with E-state index >= 15 is 0 Å². The minimum Gasteiger partial charge on any atom is -0.369 e. The molecule has 6 amide bonds. The SMILES string of the molecule is CCCNC(=O)N(CCCC(C(N)=O)C(=O)NC)C(=O)NCC. The van der Waals surface area contributed by atoms with Crippen LogP contribution in [-0.2, 0) is 9.59 Å². The molecule has 0 aromatic rings. The van der Waals surface area contributed by atoms with Crippen molar-refractivity contribution >= 4 is 23.9 Å². The van der Waals surface area contributed by atoms with Gasteiger partial charge in [-0.25, -0.2) is 14.5 Å². The summed E-state index contributed by atoms with van der Waals surface area (Å²) in [6.07, 6.45) is 1.19. The molecule has 0 heterocycles. The molecule has 0 spiro atoms. The van der Waals surface area contributed by atoms with Crippen LogP contribution in [-0.4, -0.2) is 55.5 Å². The van der Waals surface area contributed by atoms with E-state index in [0.29, 0.717) is 13.1 Å². The van der Waals surface area contributed by atoms with E-state index in [0.717, 1.165) is 11.3 Å². The van der Waals surface area contributed by atoms with Crippen molar-refractivity contribution in [3.63, 3.8) is 0 Å². The predicted molar refractivity (Wildman–Crippen MR) is 85.5 cm³/mol. The van der Waals surface area contributed by atoms with Crippen molar-refractivity contribution in [2.75, 3.05) is 26.7 Å². The highest BCUT2D eigenvalue weighted by molar-refractivity contribution is 5.99. The molecule has 0 aliphatic rings. The van der Waals surface area contributed by atoms with Crippen molar-refractivity contribution in [3.05, 3.63) is 0 Å². The second kappa shape index (κ2) is 11.3. The van der Waals surface area contributed by atoms with Gasteiger partial charge in [-0.15, -0.1) is 0 Å². The fourth-order valence-corrected chi connectivity index (χ4v) is 1.90. The number of carbonyl (C=O) groups is 4. The molecule has 0 saturated carbocycles. The zero-order valence-corrected chi connectivity index (χ0v) is 14.0. The monoisotopic (exact) mass is 329 g/mol. The Morgan fingerprint density at radius 1 is 1.09 bits per heavy atom. The molecule has 0 rings (SSSR count). The summed E-state index contributed by atoms with van der Waals surface area (Å²) in [6, 6.07) is -1.02. The van der Waals surface area contributed by atoms with Crippen LogP contribution >= 0.6 is 0 Å². The van der Waals surface area contributed by atoms with E-state index in [9.17, 15) is 19.2 Å². The lowest BCUT2D eigenvalue weighted by molar-refractivity contribution is -0.133. The van der Waals surface area contributed by atoms with Gasteiger partial charge in [-0.2, -0.15) is 0 Å². The van der Waals surface area contributed by atoms with E-state index in [1.165, 1.54) is 7.05 Å². The number of nitrogens with two attached hydrogens (primary N) is 1. The lowest BCUT2D eigenvalue weighted by atomic mass is 10.0. The molecule has 0 aromatic carbocycles. The fraction of sp³-hybridized carbons (Fsp3) is 0.714. The van der Waals surface area contributed by atoms with Crippen molar-refractivity contribution in [2.24, 2.45) is 11.7 Å². The first kappa shape index (κ1) is 20.7. The third-order valence-corrected chi connectivity index (χ3v) is 3.13. The summed E-state index contributed by atoms with van der Waals surface area (Å²) in [7, 11) is 1.41. The highest BCUT2D eigenvalue weighted by atomic mass is 16.2. The molecule has 0 aromatic heterocycles. The van der Waals surface area contributed by atoms with Crippen LogP contribution in [0, 0.1) is 5.92 Å². The quantitative estimate of drug-likeness (QED) is 0.434. The van der Waals surface area contributed by atoms with E-state index in [4.69, 9.17) is 5.73 Å². The summed E-state index contributed by atoms with van der Waals surface area (Å²) in [5.74, 6) is -2.18. The summed E-state index contributed by atoms with van der Waals surface area (Å²) < 4.78 is 0. The standard InChI is InChI=1S/C14H27N5O4/c1-4-8-18-14(23)19(13(22)17-5-2)9-6-7-10(11(15)20)12(21)16-3/h10H,4-9H2,1-3H3,(H2,15,20)(H,16,21)(H,17,22)(H,18,23). The normalized spacial score (nSPS) is 11.3. The molecule has 0 bridgehead atoms. The lowest BCUT2D eigenvalue weighted by Crippen LogP contribution is -2.49. The molecular weight excluding hydrogens is 302 g/mol. The van der Waals surface area contributed by atoms with Crippen LogP contribution in [0.25, 0.3) is 0 Å². The van der Waals surface area contributed by atoms with E-state index in [1.807, 2.05) is 6.92 Å². The minimum absolute atomic E-state index is 0.0855. The predicted octanol–water partition coefficient (Wildman–Crippen LogP) is -0.235. The summed E-state index contributed by atoms with van der Waals surface area (Å²) in [4.78, 5) is 47.8. The Balaban J connectivity index is 4.70. The van der Waals surface area contributed by atoms with Crippen LogP contribution in [0.4, 0.5) is 9.59 Å². The molecule has 1 atom stereocenters. The number of rotatable bonds is 9. The lowest BCUT2D eigenvalue weighted by Gasteiger charge is -2.22. The van der Waals surface area contributed by atoms with Gasteiger partial charge in [0.05, 0.1) is 0 Å². The molecule has 0 radical (unpaired) electrons. The van der Waals surface area contributed by atoms with E-state index < -0.39 is 29.8 Å². The number of amides is 6. The maximum atomic E-state index is 12.0. The first-order valence-electron chi connectivity index (χ1n) is 7.73. The van der Waals surface area contributed by atoms with Gasteiger partial charge in [-0.05, 0) is 26.2 Å². The Labute approximate surface area is 136 Å². The van der Waals surface area contributed by atoms with Crippen LogP contribution in [0.15, 0.2) is 0 Å². The highest BCUT2D eigenvalue weighted by Gasteiger charge is 2.25. The average molecular weight is 329 g/mol. The van der Waals surface area contributed by atoms with Gasteiger partial charge >= 0.3 is 12.1 Å². The Bertz CT molecular complexity index is 427. The zero-order chi connectivity index (χ0) is 17.8. The maximum Gasteiger partial charge on any atom is 0.325 e. The molecule has 9 heteroatoms. The van der Waals surface area contributed by atoms with Gasteiger partial charge < -0.3 is 21.7 Å². The second-order valence-electron chi connectivity index (χ2n) is 4.93. The number of imide groups is 1. The van der Waals surface area contributed by atoms with Gasteiger partial charge in [0.25, 0.3) is 0 Å². The number of nitrogens with one attached hydrogen (secondary N) is 3. The first-order chi connectivity index (χ1) is 10.9. The fourth-order valence-electron chi connectivity index (χ4n) is 1.90. The van der Waals surface area contributed by atoms with Crippen LogP contribution in [0.5, 0.6) is 0 Å².